The number of urea groups is 1. The second-order valence-corrected chi connectivity index (χ2v) is 7.35. The van der Waals surface area contributed by atoms with E-state index in [0.29, 0.717) is 23.6 Å². The van der Waals surface area contributed by atoms with Crippen LogP contribution in [0.25, 0.3) is 0 Å². The molecule has 0 saturated carbocycles. The van der Waals surface area contributed by atoms with Crippen LogP contribution in [0.1, 0.15) is 24.0 Å². The standard InChI is InChI=1S/C21H19N3O5/c25-18(22-14-7-8-16-17(10-14)29-12-28-16)11-24-19(26)21(23-20(24)27)9-3-5-13-4-1-2-6-15(13)21/h1-2,4,6-8,10H,3,5,9,11-12H2,(H,22,25)(H,23,27)/t21-/m1/s1. The van der Waals surface area contributed by atoms with E-state index in [1.807, 2.05) is 24.3 Å². The van der Waals surface area contributed by atoms with Gasteiger partial charge in [-0.05, 0) is 42.5 Å². The van der Waals surface area contributed by atoms with Crippen molar-refractivity contribution in [1.29, 1.82) is 0 Å². The highest BCUT2D eigenvalue weighted by Gasteiger charge is 2.54. The maximum atomic E-state index is 13.2. The van der Waals surface area contributed by atoms with E-state index in [1.165, 1.54) is 0 Å². The third kappa shape index (κ3) is 2.79. The van der Waals surface area contributed by atoms with Crippen molar-refractivity contribution in [3.63, 3.8) is 0 Å². The molecule has 5 rings (SSSR count). The summed E-state index contributed by atoms with van der Waals surface area (Å²) in [6.45, 7) is -0.220. The molecule has 0 unspecified atom stereocenters. The molecule has 2 aromatic carbocycles. The Bertz CT molecular complexity index is 1040. The number of hydrogen-bond acceptors (Lipinski definition) is 5. The molecule has 0 bridgehead atoms. The van der Waals surface area contributed by atoms with Crippen LogP contribution in [0.4, 0.5) is 10.5 Å². The summed E-state index contributed by atoms with van der Waals surface area (Å²) in [5.41, 5.74) is 1.30. The molecule has 3 aliphatic rings. The van der Waals surface area contributed by atoms with Gasteiger partial charge in [-0.25, -0.2) is 4.79 Å². The lowest BCUT2D eigenvalue weighted by Crippen LogP contribution is -2.47. The first-order valence-electron chi connectivity index (χ1n) is 9.49. The van der Waals surface area contributed by atoms with Gasteiger partial charge in [0, 0.05) is 11.8 Å². The van der Waals surface area contributed by atoms with Crippen LogP contribution in [0.5, 0.6) is 11.5 Å². The molecule has 8 nitrogen and oxygen atoms in total. The Labute approximate surface area is 166 Å². The number of imide groups is 1. The van der Waals surface area contributed by atoms with Crippen molar-refractivity contribution in [2.75, 3.05) is 18.7 Å². The van der Waals surface area contributed by atoms with Crippen LogP contribution in [-0.2, 0) is 21.5 Å². The normalized spacial score (nSPS) is 21.9. The van der Waals surface area contributed by atoms with Crippen molar-refractivity contribution in [2.24, 2.45) is 0 Å². The third-order valence-electron chi connectivity index (χ3n) is 5.61. The fraction of sp³-hybridized carbons (Fsp3) is 0.286. The number of nitrogens with one attached hydrogen (secondary N) is 2. The summed E-state index contributed by atoms with van der Waals surface area (Å²) in [6, 6.07) is 12.1. The fourth-order valence-corrected chi connectivity index (χ4v) is 4.27. The highest BCUT2D eigenvalue weighted by Crippen LogP contribution is 2.40. The Hall–Kier alpha value is -3.55. The molecule has 2 N–H and O–H groups in total. The summed E-state index contributed by atoms with van der Waals surface area (Å²) in [5.74, 6) is 0.301. The summed E-state index contributed by atoms with van der Waals surface area (Å²) >= 11 is 0. The Balaban J connectivity index is 1.34. The summed E-state index contributed by atoms with van der Waals surface area (Å²) < 4.78 is 10.5. The predicted molar refractivity (Wildman–Crippen MR) is 102 cm³/mol. The molecule has 0 aromatic heterocycles. The number of rotatable bonds is 3. The maximum Gasteiger partial charge on any atom is 0.325 e. The molecule has 2 heterocycles. The molecule has 2 aromatic rings. The van der Waals surface area contributed by atoms with Crippen molar-refractivity contribution in [3.8, 4) is 11.5 Å². The van der Waals surface area contributed by atoms with E-state index < -0.39 is 17.5 Å². The van der Waals surface area contributed by atoms with E-state index in [4.69, 9.17) is 9.47 Å². The minimum Gasteiger partial charge on any atom is -0.454 e. The number of fused-ring (bicyclic) bond motifs is 3. The lowest BCUT2D eigenvalue weighted by atomic mass is 9.76. The third-order valence-corrected chi connectivity index (χ3v) is 5.61. The van der Waals surface area contributed by atoms with E-state index in [2.05, 4.69) is 10.6 Å². The van der Waals surface area contributed by atoms with Gasteiger partial charge in [-0.15, -0.1) is 0 Å². The Kier molecular flexibility index (Phi) is 3.94. The highest BCUT2D eigenvalue weighted by molar-refractivity contribution is 6.10. The number of carbonyl (C=O) groups excluding carboxylic acids is 3. The molecule has 1 saturated heterocycles. The Morgan fingerprint density at radius 3 is 2.86 bits per heavy atom. The monoisotopic (exact) mass is 393 g/mol. The Morgan fingerprint density at radius 2 is 1.97 bits per heavy atom. The van der Waals surface area contributed by atoms with E-state index in [1.54, 1.807) is 18.2 Å². The second kappa shape index (κ2) is 6.51. The van der Waals surface area contributed by atoms with E-state index >= 15 is 0 Å². The molecule has 8 heteroatoms. The van der Waals surface area contributed by atoms with E-state index in [0.717, 1.165) is 28.9 Å². The first kappa shape index (κ1) is 17.5. The smallest absolute Gasteiger partial charge is 0.325 e. The van der Waals surface area contributed by atoms with Gasteiger partial charge in [0.25, 0.3) is 5.91 Å². The molecule has 0 radical (unpaired) electrons. The van der Waals surface area contributed by atoms with Crippen LogP contribution in [-0.4, -0.2) is 36.1 Å². The summed E-state index contributed by atoms with van der Waals surface area (Å²) in [7, 11) is 0. The number of hydrogen-bond donors (Lipinski definition) is 2. The number of ether oxygens (including phenoxy) is 2. The molecule has 1 aliphatic carbocycles. The number of aryl methyl sites for hydroxylation is 1. The van der Waals surface area contributed by atoms with Crippen LogP contribution >= 0.6 is 0 Å². The molecular formula is C21H19N3O5. The quantitative estimate of drug-likeness (QED) is 0.779. The van der Waals surface area contributed by atoms with Gasteiger partial charge in [-0.3, -0.25) is 14.5 Å². The van der Waals surface area contributed by atoms with Crippen LogP contribution in [0, 0.1) is 0 Å². The van der Waals surface area contributed by atoms with Gasteiger partial charge in [0.1, 0.15) is 12.1 Å². The molecule has 4 amide bonds. The van der Waals surface area contributed by atoms with E-state index in [9.17, 15) is 14.4 Å². The lowest BCUT2D eigenvalue weighted by Gasteiger charge is -2.33. The molecular weight excluding hydrogens is 374 g/mol. The van der Waals surface area contributed by atoms with Crippen molar-refractivity contribution in [2.45, 2.75) is 24.8 Å². The SMILES string of the molecule is O=C(CN1C(=O)N[C@@]2(CCCc3ccccc32)C1=O)Nc1ccc2c(c1)OCO2. The zero-order valence-electron chi connectivity index (χ0n) is 15.6. The minimum absolute atomic E-state index is 0.138. The van der Waals surface area contributed by atoms with Crippen molar-refractivity contribution in [3.05, 3.63) is 53.6 Å². The molecule has 148 valence electrons. The number of nitrogens with zero attached hydrogens (tertiary/aromatic N) is 1. The topological polar surface area (TPSA) is 97.0 Å². The predicted octanol–water partition coefficient (Wildman–Crippen LogP) is 2.14. The van der Waals surface area contributed by atoms with Gasteiger partial charge >= 0.3 is 6.03 Å². The minimum atomic E-state index is -1.08. The van der Waals surface area contributed by atoms with Gasteiger partial charge in [0.2, 0.25) is 12.7 Å². The first-order valence-corrected chi connectivity index (χ1v) is 9.49. The van der Waals surface area contributed by atoms with Crippen LogP contribution in [0.3, 0.4) is 0 Å². The number of benzene rings is 2. The highest BCUT2D eigenvalue weighted by atomic mass is 16.7. The summed E-state index contributed by atoms with van der Waals surface area (Å²) in [4.78, 5) is 39.3. The van der Waals surface area contributed by atoms with Crippen LogP contribution in [0.2, 0.25) is 0 Å². The summed E-state index contributed by atoms with van der Waals surface area (Å²) in [6.07, 6.45) is 2.18. The fourth-order valence-electron chi connectivity index (χ4n) is 4.27. The molecule has 1 fully saturated rings. The van der Waals surface area contributed by atoms with Gasteiger partial charge in [0.15, 0.2) is 11.5 Å². The average molecular weight is 393 g/mol. The van der Waals surface area contributed by atoms with Crippen LogP contribution < -0.4 is 20.1 Å². The average Bonchev–Trinajstić information content (AvgIpc) is 3.27. The molecule has 1 spiro atoms. The Morgan fingerprint density at radius 1 is 1.14 bits per heavy atom. The zero-order chi connectivity index (χ0) is 20.0. The molecule has 1 atom stereocenters. The number of carbonyl (C=O) groups is 3. The molecule has 29 heavy (non-hydrogen) atoms. The van der Waals surface area contributed by atoms with Gasteiger partial charge in [-0.1, -0.05) is 24.3 Å². The molecule has 2 aliphatic heterocycles. The van der Waals surface area contributed by atoms with E-state index in [-0.39, 0.29) is 19.2 Å². The van der Waals surface area contributed by atoms with Crippen molar-refractivity contribution >= 4 is 23.5 Å². The lowest BCUT2D eigenvalue weighted by molar-refractivity contribution is -0.134. The number of amides is 4. The zero-order valence-corrected chi connectivity index (χ0v) is 15.6. The second-order valence-electron chi connectivity index (χ2n) is 7.35. The maximum absolute atomic E-state index is 13.2. The van der Waals surface area contributed by atoms with Gasteiger partial charge in [0.05, 0.1) is 0 Å². The largest absolute Gasteiger partial charge is 0.454 e. The van der Waals surface area contributed by atoms with Crippen molar-refractivity contribution in [1.82, 2.24) is 10.2 Å². The van der Waals surface area contributed by atoms with Crippen LogP contribution in [0.15, 0.2) is 42.5 Å². The first-order chi connectivity index (χ1) is 14.1. The summed E-state index contributed by atoms with van der Waals surface area (Å²) in [5, 5.41) is 5.55. The number of anilines is 1. The van der Waals surface area contributed by atoms with Gasteiger partial charge < -0.3 is 20.1 Å². The van der Waals surface area contributed by atoms with Crippen molar-refractivity contribution < 1.29 is 23.9 Å². The van der Waals surface area contributed by atoms with Gasteiger partial charge in [-0.2, -0.15) is 0 Å².